The highest BCUT2D eigenvalue weighted by Crippen LogP contribution is 2.19. The van der Waals surface area contributed by atoms with Gasteiger partial charge in [0.1, 0.15) is 11.6 Å². The minimum absolute atomic E-state index is 0.0904. The second-order valence-corrected chi connectivity index (χ2v) is 5.84. The standard InChI is InChI=1S/C16H21F2N3O2/c17-13-3-4-14(18)12(9-13)5-6-20-16(23)21-7-1-2-11(10-21)8-15(19)22/h3-4,9,11H,1-2,5-8,10H2,(H2,19,22)(H,20,23)/t11-/m1/s1. The van der Waals surface area contributed by atoms with Gasteiger partial charge in [-0.3, -0.25) is 4.79 Å². The molecule has 1 aromatic carbocycles. The van der Waals surface area contributed by atoms with E-state index in [9.17, 15) is 18.4 Å². The van der Waals surface area contributed by atoms with Crippen molar-refractivity contribution < 1.29 is 18.4 Å². The molecule has 1 aliphatic heterocycles. The number of carbonyl (C=O) groups excluding carboxylic acids is 2. The second kappa shape index (κ2) is 7.89. The number of piperidine rings is 1. The first-order chi connectivity index (χ1) is 11.0. The summed E-state index contributed by atoms with van der Waals surface area (Å²) >= 11 is 0. The molecule has 0 saturated carbocycles. The Morgan fingerprint density at radius 1 is 1.35 bits per heavy atom. The molecule has 1 atom stereocenters. The third kappa shape index (κ3) is 5.19. The van der Waals surface area contributed by atoms with Crippen molar-refractivity contribution in [2.45, 2.75) is 25.7 Å². The summed E-state index contributed by atoms with van der Waals surface area (Å²) < 4.78 is 26.6. The molecule has 3 amide bonds. The normalized spacial score (nSPS) is 17.8. The maximum Gasteiger partial charge on any atom is 0.317 e. The lowest BCUT2D eigenvalue weighted by molar-refractivity contribution is -0.119. The molecule has 0 bridgehead atoms. The average Bonchev–Trinajstić information content (AvgIpc) is 2.50. The summed E-state index contributed by atoms with van der Waals surface area (Å²) in [5.41, 5.74) is 5.42. The van der Waals surface area contributed by atoms with Gasteiger partial charge in [0.2, 0.25) is 5.91 Å². The summed E-state index contributed by atoms with van der Waals surface area (Å²) in [6.07, 6.45) is 2.19. The molecule has 23 heavy (non-hydrogen) atoms. The van der Waals surface area contributed by atoms with Crippen molar-refractivity contribution in [3.05, 3.63) is 35.4 Å². The Morgan fingerprint density at radius 2 is 2.13 bits per heavy atom. The second-order valence-electron chi connectivity index (χ2n) is 5.84. The van der Waals surface area contributed by atoms with E-state index in [1.165, 1.54) is 0 Å². The number of rotatable bonds is 5. The maximum atomic E-state index is 13.5. The number of hydrogen-bond acceptors (Lipinski definition) is 2. The Balaban J connectivity index is 1.80. The molecule has 1 aromatic rings. The maximum absolute atomic E-state index is 13.5. The first-order valence-corrected chi connectivity index (χ1v) is 7.70. The fourth-order valence-corrected chi connectivity index (χ4v) is 2.85. The van der Waals surface area contributed by atoms with E-state index in [2.05, 4.69) is 5.32 Å². The van der Waals surface area contributed by atoms with Crippen molar-refractivity contribution in [3.8, 4) is 0 Å². The molecule has 5 nitrogen and oxygen atoms in total. The van der Waals surface area contributed by atoms with Gasteiger partial charge in [0.05, 0.1) is 0 Å². The van der Waals surface area contributed by atoms with Gasteiger partial charge in [-0.05, 0) is 48.9 Å². The van der Waals surface area contributed by atoms with Crippen LogP contribution in [0.15, 0.2) is 18.2 Å². The third-order valence-electron chi connectivity index (χ3n) is 3.97. The summed E-state index contributed by atoms with van der Waals surface area (Å²) in [5, 5.41) is 2.70. The molecule has 0 spiro atoms. The smallest absolute Gasteiger partial charge is 0.317 e. The molecule has 126 valence electrons. The molecular formula is C16H21F2N3O2. The number of hydrogen-bond donors (Lipinski definition) is 2. The molecule has 2 rings (SSSR count). The van der Waals surface area contributed by atoms with Crippen LogP contribution in [0.1, 0.15) is 24.8 Å². The first kappa shape index (κ1) is 17.2. The molecule has 0 unspecified atom stereocenters. The lowest BCUT2D eigenvalue weighted by Crippen LogP contribution is -2.46. The predicted molar refractivity (Wildman–Crippen MR) is 81.6 cm³/mol. The van der Waals surface area contributed by atoms with Crippen LogP contribution >= 0.6 is 0 Å². The van der Waals surface area contributed by atoms with Crippen LogP contribution in [0.3, 0.4) is 0 Å². The van der Waals surface area contributed by atoms with Crippen LogP contribution in [-0.4, -0.2) is 36.5 Å². The molecule has 1 fully saturated rings. The van der Waals surface area contributed by atoms with E-state index in [0.717, 1.165) is 31.0 Å². The monoisotopic (exact) mass is 325 g/mol. The van der Waals surface area contributed by atoms with Crippen LogP contribution in [-0.2, 0) is 11.2 Å². The summed E-state index contributed by atoms with van der Waals surface area (Å²) in [7, 11) is 0. The Bertz CT molecular complexity index is 580. The Hall–Kier alpha value is -2.18. The van der Waals surface area contributed by atoms with Crippen molar-refractivity contribution in [2.24, 2.45) is 11.7 Å². The highest BCUT2D eigenvalue weighted by atomic mass is 19.1. The number of nitrogens with two attached hydrogens (primary N) is 1. The summed E-state index contributed by atoms with van der Waals surface area (Å²) in [4.78, 5) is 24.7. The number of halogens is 2. The van der Waals surface area contributed by atoms with Crippen molar-refractivity contribution >= 4 is 11.9 Å². The fraction of sp³-hybridized carbons (Fsp3) is 0.500. The fourth-order valence-electron chi connectivity index (χ4n) is 2.85. The number of urea groups is 1. The Labute approximate surface area is 133 Å². The van der Waals surface area contributed by atoms with Gasteiger partial charge in [-0.15, -0.1) is 0 Å². The van der Waals surface area contributed by atoms with Gasteiger partial charge >= 0.3 is 6.03 Å². The van der Waals surface area contributed by atoms with Gasteiger partial charge in [-0.25, -0.2) is 13.6 Å². The number of primary amides is 1. The van der Waals surface area contributed by atoms with E-state index in [1.807, 2.05) is 0 Å². The third-order valence-corrected chi connectivity index (χ3v) is 3.97. The van der Waals surface area contributed by atoms with E-state index >= 15 is 0 Å². The number of likely N-dealkylation sites (tertiary alicyclic amines) is 1. The van der Waals surface area contributed by atoms with Crippen LogP contribution in [0.5, 0.6) is 0 Å². The predicted octanol–water partition coefficient (Wildman–Crippen LogP) is 1.80. The van der Waals surface area contributed by atoms with Gasteiger partial charge in [-0.2, -0.15) is 0 Å². The largest absolute Gasteiger partial charge is 0.370 e. The molecule has 1 saturated heterocycles. The number of benzene rings is 1. The number of nitrogens with zero attached hydrogens (tertiary/aromatic N) is 1. The van der Waals surface area contributed by atoms with Gasteiger partial charge in [-0.1, -0.05) is 0 Å². The van der Waals surface area contributed by atoms with Crippen LogP contribution < -0.4 is 11.1 Å². The van der Waals surface area contributed by atoms with Gasteiger partial charge in [0, 0.05) is 26.1 Å². The Kier molecular flexibility index (Phi) is 5.90. The van der Waals surface area contributed by atoms with Crippen LogP contribution in [0.4, 0.5) is 13.6 Å². The number of carbonyl (C=O) groups is 2. The van der Waals surface area contributed by atoms with E-state index < -0.39 is 11.6 Å². The number of nitrogens with one attached hydrogen (secondary N) is 1. The molecule has 0 radical (unpaired) electrons. The molecule has 3 N–H and O–H groups in total. The van der Waals surface area contributed by atoms with E-state index in [-0.39, 0.29) is 42.8 Å². The minimum atomic E-state index is -0.502. The highest BCUT2D eigenvalue weighted by molar-refractivity contribution is 5.75. The first-order valence-electron chi connectivity index (χ1n) is 7.70. The average molecular weight is 325 g/mol. The van der Waals surface area contributed by atoms with Crippen LogP contribution in [0.2, 0.25) is 0 Å². The SMILES string of the molecule is NC(=O)C[C@H]1CCCN(C(=O)NCCc2cc(F)ccc2F)C1. The molecule has 0 aromatic heterocycles. The van der Waals surface area contributed by atoms with Crippen molar-refractivity contribution in [3.63, 3.8) is 0 Å². The van der Waals surface area contributed by atoms with Crippen molar-refractivity contribution in [1.82, 2.24) is 10.2 Å². The van der Waals surface area contributed by atoms with Crippen molar-refractivity contribution in [1.29, 1.82) is 0 Å². The lowest BCUT2D eigenvalue weighted by atomic mass is 9.95. The highest BCUT2D eigenvalue weighted by Gasteiger charge is 2.24. The van der Waals surface area contributed by atoms with Crippen LogP contribution in [0, 0.1) is 17.6 Å². The van der Waals surface area contributed by atoms with E-state index in [0.29, 0.717) is 13.1 Å². The number of amides is 3. The molecule has 7 heteroatoms. The topological polar surface area (TPSA) is 75.4 Å². The lowest BCUT2D eigenvalue weighted by Gasteiger charge is -2.32. The molecular weight excluding hydrogens is 304 g/mol. The molecule has 1 aliphatic rings. The zero-order valence-corrected chi connectivity index (χ0v) is 12.9. The Morgan fingerprint density at radius 3 is 2.87 bits per heavy atom. The summed E-state index contributed by atoms with van der Waals surface area (Å²) in [6, 6.07) is 3.01. The summed E-state index contributed by atoms with van der Waals surface area (Å²) in [6.45, 7) is 1.33. The van der Waals surface area contributed by atoms with Gasteiger partial charge in [0.25, 0.3) is 0 Å². The minimum Gasteiger partial charge on any atom is -0.370 e. The van der Waals surface area contributed by atoms with Gasteiger partial charge < -0.3 is 16.0 Å². The molecule has 0 aliphatic carbocycles. The zero-order valence-electron chi connectivity index (χ0n) is 12.9. The van der Waals surface area contributed by atoms with E-state index in [1.54, 1.807) is 4.90 Å². The van der Waals surface area contributed by atoms with Crippen LogP contribution in [0.25, 0.3) is 0 Å². The zero-order chi connectivity index (χ0) is 16.8. The van der Waals surface area contributed by atoms with Gasteiger partial charge in [0.15, 0.2) is 0 Å². The molecule has 1 heterocycles. The quantitative estimate of drug-likeness (QED) is 0.866. The summed E-state index contributed by atoms with van der Waals surface area (Å²) in [5.74, 6) is -1.26. The van der Waals surface area contributed by atoms with E-state index in [4.69, 9.17) is 5.73 Å². The van der Waals surface area contributed by atoms with Crippen molar-refractivity contribution in [2.75, 3.05) is 19.6 Å².